The van der Waals surface area contributed by atoms with Crippen molar-refractivity contribution in [2.75, 3.05) is 0 Å². The van der Waals surface area contributed by atoms with Crippen molar-refractivity contribution in [3.63, 3.8) is 0 Å². The molecule has 9 aromatic carbocycles. The molecule has 0 radical (unpaired) electrons. The summed E-state index contributed by atoms with van der Waals surface area (Å²) in [6.07, 6.45) is 0. The molecule has 0 aliphatic heterocycles. The van der Waals surface area contributed by atoms with Crippen molar-refractivity contribution < 1.29 is 4.42 Å². The SMILES string of the molecule is c1ccc(-c2cccc(-c3nc(-c4ccc5c(ccc6ccc7c(ccc8c9ccccc9sc87)c65)c4)nc(-c4cccc5oc6ccccc6c45)n3)c2)cc1. The highest BCUT2D eigenvalue weighted by Gasteiger charge is 2.19. The molecule has 5 heteroatoms. The summed E-state index contributed by atoms with van der Waals surface area (Å²) in [7, 11) is 0. The molecule has 0 saturated heterocycles. The minimum atomic E-state index is 0.601. The van der Waals surface area contributed by atoms with Gasteiger partial charge in [0.15, 0.2) is 17.5 Å². The topological polar surface area (TPSA) is 51.8 Å². The Morgan fingerprint density at radius 2 is 0.982 bits per heavy atom. The number of hydrogen-bond acceptors (Lipinski definition) is 5. The van der Waals surface area contributed by atoms with Crippen LogP contribution in [0.3, 0.4) is 0 Å². The average molecular weight is 732 g/mol. The highest BCUT2D eigenvalue weighted by Crippen LogP contribution is 2.42. The molecule has 0 unspecified atom stereocenters. The zero-order chi connectivity index (χ0) is 36.7. The first kappa shape index (κ1) is 31.2. The summed E-state index contributed by atoms with van der Waals surface area (Å²) in [6, 6.07) is 62.1. The minimum Gasteiger partial charge on any atom is -0.456 e. The van der Waals surface area contributed by atoms with Crippen LogP contribution in [0.15, 0.2) is 180 Å². The summed E-state index contributed by atoms with van der Waals surface area (Å²) in [4.78, 5) is 15.6. The van der Waals surface area contributed by atoms with E-state index in [0.29, 0.717) is 17.5 Å². The van der Waals surface area contributed by atoms with Crippen LogP contribution in [-0.4, -0.2) is 15.0 Å². The van der Waals surface area contributed by atoms with Gasteiger partial charge in [-0.15, -0.1) is 11.3 Å². The monoisotopic (exact) mass is 731 g/mol. The number of nitrogens with zero attached hydrogens (tertiary/aromatic N) is 3. The molecule has 0 N–H and O–H groups in total. The van der Waals surface area contributed by atoms with E-state index in [9.17, 15) is 0 Å². The summed E-state index contributed by atoms with van der Waals surface area (Å²) < 4.78 is 8.94. The van der Waals surface area contributed by atoms with Gasteiger partial charge >= 0.3 is 0 Å². The maximum absolute atomic E-state index is 6.29. The number of para-hydroxylation sites is 1. The molecule has 0 amide bonds. The number of benzene rings is 9. The molecule has 0 aliphatic rings. The van der Waals surface area contributed by atoms with Crippen LogP contribution in [-0.2, 0) is 0 Å². The number of aromatic nitrogens is 3. The van der Waals surface area contributed by atoms with E-state index in [1.165, 1.54) is 47.1 Å². The van der Waals surface area contributed by atoms with Gasteiger partial charge in [0.2, 0.25) is 0 Å². The fourth-order valence-corrected chi connectivity index (χ4v) is 9.71. The van der Waals surface area contributed by atoms with Crippen molar-refractivity contribution in [3.8, 4) is 45.3 Å². The van der Waals surface area contributed by atoms with Gasteiger partial charge in [0.25, 0.3) is 0 Å². The summed E-state index contributed by atoms with van der Waals surface area (Å²) in [5.74, 6) is 1.83. The predicted octanol–water partition coefficient (Wildman–Crippen LogP) is 14.3. The lowest BCUT2D eigenvalue weighted by Gasteiger charge is -2.12. The van der Waals surface area contributed by atoms with Crippen molar-refractivity contribution >= 4 is 85.8 Å². The average Bonchev–Trinajstić information content (AvgIpc) is 3.85. The van der Waals surface area contributed by atoms with Gasteiger partial charge in [0, 0.05) is 53.0 Å². The van der Waals surface area contributed by atoms with E-state index in [2.05, 4.69) is 140 Å². The van der Waals surface area contributed by atoms with Gasteiger partial charge < -0.3 is 4.42 Å². The molecule has 3 heterocycles. The third-order valence-corrected chi connectivity index (χ3v) is 12.3. The van der Waals surface area contributed by atoms with Gasteiger partial charge in [-0.1, -0.05) is 146 Å². The number of furan rings is 1. The van der Waals surface area contributed by atoms with E-state index >= 15 is 0 Å². The smallest absolute Gasteiger partial charge is 0.164 e. The van der Waals surface area contributed by atoms with Crippen LogP contribution in [0.25, 0.3) is 120 Å². The van der Waals surface area contributed by atoms with Crippen molar-refractivity contribution in [1.29, 1.82) is 0 Å². The first-order valence-corrected chi connectivity index (χ1v) is 19.6. The fraction of sp³-hybridized carbons (Fsp3) is 0. The molecular formula is C51H29N3OS. The number of rotatable bonds is 4. The standard InChI is InChI=1S/C51H29N3OS/c1-2-10-30(11-3-1)32-12-8-13-34(28-32)49-52-50(54-51(53-49)42-16-9-18-44-47(42)41-15-4-6-17-43(41)55-44)35-23-24-36-33(29-35)21-20-31-22-25-40-38(46(31)36)26-27-39-37-14-5-7-19-45(37)56-48(39)40/h1-29H. The lowest BCUT2D eigenvalue weighted by molar-refractivity contribution is 0.669. The van der Waals surface area contributed by atoms with Gasteiger partial charge in [0.1, 0.15) is 11.2 Å². The Labute approximate surface area is 325 Å². The molecule has 0 bridgehead atoms. The van der Waals surface area contributed by atoms with E-state index in [1.807, 2.05) is 47.7 Å². The van der Waals surface area contributed by atoms with Gasteiger partial charge in [-0.25, -0.2) is 15.0 Å². The Hall–Kier alpha value is -7.21. The molecule has 0 spiro atoms. The zero-order valence-corrected chi connectivity index (χ0v) is 30.7. The third-order valence-electron chi connectivity index (χ3n) is 11.1. The molecular weight excluding hydrogens is 703 g/mol. The van der Waals surface area contributed by atoms with Crippen LogP contribution in [0, 0.1) is 0 Å². The van der Waals surface area contributed by atoms with E-state index < -0.39 is 0 Å². The molecule has 0 aliphatic carbocycles. The van der Waals surface area contributed by atoms with E-state index in [4.69, 9.17) is 19.4 Å². The van der Waals surface area contributed by atoms with E-state index in [0.717, 1.165) is 55.1 Å². The van der Waals surface area contributed by atoms with Gasteiger partial charge in [0.05, 0.1) is 0 Å². The Kier molecular flexibility index (Phi) is 6.76. The summed E-state index contributed by atoms with van der Waals surface area (Å²) >= 11 is 1.88. The Balaban J connectivity index is 1.07. The van der Waals surface area contributed by atoms with Crippen LogP contribution in [0.5, 0.6) is 0 Å². The number of thiophene rings is 1. The van der Waals surface area contributed by atoms with Gasteiger partial charge in [-0.3, -0.25) is 0 Å². The largest absolute Gasteiger partial charge is 0.456 e. The van der Waals surface area contributed by atoms with Crippen molar-refractivity contribution in [2.45, 2.75) is 0 Å². The van der Waals surface area contributed by atoms with Crippen LogP contribution >= 0.6 is 11.3 Å². The second kappa shape index (κ2) is 12.2. The van der Waals surface area contributed by atoms with Crippen LogP contribution < -0.4 is 0 Å². The zero-order valence-electron chi connectivity index (χ0n) is 29.9. The summed E-state index contributed by atoms with van der Waals surface area (Å²) in [5.41, 5.74) is 6.64. The van der Waals surface area contributed by atoms with Crippen LogP contribution in [0.1, 0.15) is 0 Å². The molecule has 3 aromatic heterocycles. The normalized spacial score (nSPS) is 11.9. The molecule has 0 saturated carbocycles. The molecule has 12 aromatic rings. The number of fused-ring (bicyclic) bond motifs is 12. The molecule has 12 rings (SSSR count). The summed E-state index contributed by atoms with van der Waals surface area (Å²) in [6.45, 7) is 0. The first-order chi connectivity index (χ1) is 27.7. The minimum absolute atomic E-state index is 0.601. The maximum Gasteiger partial charge on any atom is 0.164 e. The second-order valence-corrected chi connectivity index (χ2v) is 15.4. The molecule has 0 fully saturated rings. The quantitative estimate of drug-likeness (QED) is 0.169. The third kappa shape index (κ3) is 4.81. The van der Waals surface area contributed by atoms with Crippen molar-refractivity contribution in [1.82, 2.24) is 15.0 Å². The lowest BCUT2D eigenvalue weighted by atomic mass is 9.94. The first-order valence-electron chi connectivity index (χ1n) is 18.8. The summed E-state index contributed by atoms with van der Waals surface area (Å²) in [5, 5.41) is 12.0. The lowest BCUT2D eigenvalue weighted by Crippen LogP contribution is -2.00. The Bertz CT molecular complexity index is 3550. The molecule has 0 atom stereocenters. The molecule has 56 heavy (non-hydrogen) atoms. The molecule has 4 nitrogen and oxygen atoms in total. The van der Waals surface area contributed by atoms with E-state index in [1.54, 1.807) is 0 Å². The van der Waals surface area contributed by atoms with Crippen LogP contribution in [0.4, 0.5) is 0 Å². The highest BCUT2D eigenvalue weighted by atomic mass is 32.1. The van der Waals surface area contributed by atoms with Crippen molar-refractivity contribution in [3.05, 3.63) is 176 Å². The van der Waals surface area contributed by atoms with Gasteiger partial charge in [-0.2, -0.15) is 0 Å². The maximum atomic E-state index is 6.29. The van der Waals surface area contributed by atoms with E-state index in [-0.39, 0.29) is 0 Å². The Morgan fingerprint density at radius 1 is 0.357 bits per heavy atom. The highest BCUT2D eigenvalue weighted by molar-refractivity contribution is 7.26. The predicted molar refractivity (Wildman–Crippen MR) is 234 cm³/mol. The second-order valence-electron chi connectivity index (χ2n) is 14.3. The van der Waals surface area contributed by atoms with Crippen LogP contribution in [0.2, 0.25) is 0 Å². The van der Waals surface area contributed by atoms with Gasteiger partial charge in [-0.05, 0) is 68.4 Å². The fourth-order valence-electron chi connectivity index (χ4n) is 8.48. The molecule has 260 valence electrons. The Morgan fingerprint density at radius 3 is 1.89 bits per heavy atom. The number of hydrogen-bond donors (Lipinski definition) is 0. The van der Waals surface area contributed by atoms with Crippen molar-refractivity contribution in [2.24, 2.45) is 0 Å².